The molecule has 9 nitrogen and oxygen atoms in total. The van der Waals surface area contributed by atoms with E-state index in [9.17, 15) is 9.59 Å². The third-order valence-corrected chi connectivity index (χ3v) is 6.21. The number of benzene rings is 1. The Labute approximate surface area is 182 Å². The summed E-state index contributed by atoms with van der Waals surface area (Å²) < 4.78 is 13.1. The molecule has 162 valence electrons. The summed E-state index contributed by atoms with van der Waals surface area (Å²) in [6.07, 6.45) is 1.53. The molecule has 0 bridgehead atoms. The Bertz CT molecular complexity index is 1140. The third kappa shape index (κ3) is 4.35. The summed E-state index contributed by atoms with van der Waals surface area (Å²) in [6.45, 7) is 4.11. The molecule has 3 aromatic rings. The van der Waals surface area contributed by atoms with Crippen molar-refractivity contribution >= 4 is 22.3 Å². The van der Waals surface area contributed by atoms with Gasteiger partial charge in [0.2, 0.25) is 0 Å². The van der Waals surface area contributed by atoms with Gasteiger partial charge in [-0.25, -0.2) is 9.78 Å². The number of hydrogen-bond acceptors (Lipinski definition) is 7. The van der Waals surface area contributed by atoms with Crippen molar-refractivity contribution in [1.82, 2.24) is 24.5 Å². The van der Waals surface area contributed by atoms with E-state index in [0.29, 0.717) is 43.5 Å². The molecule has 0 spiro atoms. The van der Waals surface area contributed by atoms with Crippen LogP contribution in [-0.2, 0) is 6.54 Å². The average molecular weight is 442 g/mol. The summed E-state index contributed by atoms with van der Waals surface area (Å²) in [5.41, 5.74) is 0.705. The number of piperazine rings is 1. The van der Waals surface area contributed by atoms with Crippen molar-refractivity contribution in [3.05, 3.63) is 58.0 Å². The third-order valence-electron chi connectivity index (χ3n) is 5.45. The largest absolute Gasteiger partial charge is 0.486 e. The molecule has 1 atom stereocenters. The lowest BCUT2D eigenvalue weighted by Gasteiger charge is -2.35. The smallest absolute Gasteiger partial charge is 0.317 e. The fraction of sp³-hybridized carbons (Fsp3) is 0.381. The number of carbonyl (C=O) groups excluding carboxylic acids is 1. The van der Waals surface area contributed by atoms with E-state index in [2.05, 4.69) is 15.2 Å². The van der Waals surface area contributed by atoms with Gasteiger partial charge in [0, 0.05) is 50.4 Å². The van der Waals surface area contributed by atoms with E-state index in [1.54, 1.807) is 21.6 Å². The molecule has 1 aromatic carbocycles. The van der Waals surface area contributed by atoms with E-state index in [4.69, 9.17) is 9.47 Å². The maximum Gasteiger partial charge on any atom is 0.317 e. The molecule has 31 heavy (non-hydrogen) atoms. The molecule has 2 aromatic heterocycles. The van der Waals surface area contributed by atoms with Crippen LogP contribution in [0.2, 0.25) is 0 Å². The highest BCUT2D eigenvalue weighted by atomic mass is 32.1. The van der Waals surface area contributed by atoms with Gasteiger partial charge >= 0.3 is 6.03 Å². The molecule has 0 aliphatic carbocycles. The second kappa shape index (κ2) is 8.56. The zero-order chi connectivity index (χ0) is 21.2. The number of fused-ring (bicyclic) bond motifs is 2. The molecule has 10 heteroatoms. The lowest BCUT2D eigenvalue weighted by atomic mass is 10.2. The predicted molar refractivity (Wildman–Crippen MR) is 116 cm³/mol. The summed E-state index contributed by atoms with van der Waals surface area (Å²) in [6, 6.07) is 9.02. The minimum atomic E-state index is -0.211. The summed E-state index contributed by atoms with van der Waals surface area (Å²) >= 11 is 1.45. The topological polar surface area (TPSA) is 88.4 Å². The number of thiazole rings is 1. The van der Waals surface area contributed by atoms with Crippen molar-refractivity contribution < 1.29 is 14.3 Å². The number of aromatic nitrogens is 2. The van der Waals surface area contributed by atoms with Crippen molar-refractivity contribution in [2.24, 2.45) is 0 Å². The first-order valence-corrected chi connectivity index (χ1v) is 11.1. The maximum atomic E-state index is 12.6. The Morgan fingerprint density at radius 3 is 2.84 bits per heavy atom. The highest BCUT2D eigenvalue weighted by Crippen LogP contribution is 2.30. The minimum Gasteiger partial charge on any atom is -0.486 e. The van der Waals surface area contributed by atoms with E-state index in [1.807, 2.05) is 29.6 Å². The van der Waals surface area contributed by atoms with Crippen LogP contribution in [0.5, 0.6) is 11.5 Å². The predicted octanol–water partition coefficient (Wildman–Crippen LogP) is 1.42. The van der Waals surface area contributed by atoms with Crippen LogP contribution in [0.1, 0.15) is 5.69 Å². The first kappa shape index (κ1) is 19.8. The van der Waals surface area contributed by atoms with Crippen molar-refractivity contribution in [1.29, 1.82) is 0 Å². The van der Waals surface area contributed by atoms with Gasteiger partial charge in [0.05, 0.1) is 12.2 Å². The molecule has 2 aliphatic rings. The van der Waals surface area contributed by atoms with Gasteiger partial charge in [-0.1, -0.05) is 12.1 Å². The first-order chi connectivity index (χ1) is 15.2. The summed E-state index contributed by atoms with van der Waals surface area (Å²) in [7, 11) is 0. The summed E-state index contributed by atoms with van der Waals surface area (Å²) in [5.74, 6) is 1.44. The number of urea groups is 1. The van der Waals surface area contributed by atoms with Gasteiger partial charge < -0.3 is 19.7 Å². The van der Waals surface area contributed by atoms with Crippen molar-refractivity contribution in [2.75, 3.05) is 39.3 Å². The van der Waals surface area contributed by atoms with Crippen molar-refractivity contribution in [3.63, 3.8) is 0 Å². The van der Waals surface area contributed by atoms with Crippen LogP contribution < -0.4 is 20.3 Å². The Morgan fingerprint density at radius 1 is 1.19 bits per heavy atom. The molecular weight excluding hydrogens is 418 g/mol. The number of amides is 2. The number of rotatable bonds is 4. The standard InChI is InChI=1S/C21H23N5O4S/c27-19-11-15(23-21-26(19)9-10-31-21)13-24-5-7-25(8-6-24)20(28)22-12-16-14-29-17-3-1-2-4-18(17)30-16/h1-4,9-11,16H,5-8,12-14H2,(H,22,28). The van der Waals surface area contributed by atoms with E-state index >= 15 is 0 Å². The normalized spacial score (nSPS) is 18.8. The Balaban J connectivity index is 1.09. The second-order valence-corrected chi connectivity index (χ2v) is 8.46. The molecule has 2 aliphatic heterocycles. The first-order valence-electron chi connectivity index (χ1n) is 10.2. The molecule has 5 rings (SSSR count). The second-order valence-electron chi connectivity index (χ2n) is 7.59. The molecule has 0 saturated carbocycles. The lowest BCUT2D eigenvalue weighted by molar-refractivity contribution is 0.0876. The van der Waals surface area contributed by atoms with Crippen LogP contribution in [0.15, 0.2) is 46.7 Å². The fourth-order valence-corrected chi connectivity index (χ4v) is 4.52. The zero-order valence-corrected chi connectivity index (χ0v) is 17.7. The number of nitrogens with zero attached hydrogens (tertiary/aromatic N) is 4. The zero-order valence-electron chi connectivity index (χ0n) is 16.9. The number of hydrogen-bond donors (Lipinski definition) is 1. The van der Waals surface area contributed by atoms with Crippen molar-refractivity contribution in [3.8, 4) is 11.5 Å². The van der Waals surface area contributed by atoms with Crippen LogP contribution in [0, 0.1) is 0 Å². The quantitative estimate of drug-likeness (QED) is 0.659. The van der Waals surface area contributed by atoms with Gasteiger partial charge in [0.1, 0.15) is 6.61 Å². The van der Waals surface area contributed by atoms with Crippen LogP contribution in [0.4, 0.5) is 4.79 Å². The Hall–Kier alpha value is -3.11. The summed E-state index contributed by atoms with van der Waals surface area (Å²) in [5, 5.41) is 4.81. The molecule has 4 heterocycles. The van der Waals surface area contributed by atoms with Crippen LogP contribution in [0.3, 0.4) is 0 Å². The SMILES string of the molecule is O=C(NCC1COc2ccccc2O1)N1CCN(Cc2cc(=O)n3ccsc3n2)CC1. The number of para-hydroxylation sites is 2. The van der Waals surface area contributed by atoms with Gasteiger partial charge in [0.25, 0.3) is 5.56 Å². The van der Waals surface area contributed by atoms with Gasteiger partial charge in [-0.3, -0.25) is 14.1 Å². The number of ether oxygens (including phenoxy) is 2. The van der Waals surface area contributed by atoms with Gasteiger partial charge in [-0.15, -0.1) is 11.3 Å². The van der Waals surface area contributed by atoms with Crippen LogP contribution in [0.25, 0.3) is 4.96 Å². The molecule has 1 N–H and O–H groups in total. The fourth-order valence-electron chi connectivity index (χ4n) is 3.78. The van der Waals surface area contributed by atoms with Gasteiger partial charge in [-0.05, 0) is 12.1 Å². The highest BCUT2D eigenvalue weighted by Gasteiger charge is 2.25. The number of nitrogens with one attached hydrogen (secondary N) is 1. The van der Waals surface area contributed by atoms with E-state index in [1.165, 1.54) is 11.3 Å². The molecule has 1 unspecified atom stereocenters. The molecule has 0 radical (unpaired) electrons. The Kier molecular flexibility index (Phi) is 5.47. The average Bonchev–Trinajstić information content (AvgIpc) is 3.27. The van der Waals surface area contributed by atoms with Gasteiger partial charge in [0.15, 0.2) is 22.6 Å². The van der Waals surface area contributed by atoms with Gasteiger partial charge in [-0.2, -0.15) is 0 Å². The molecule has 1 saturated heterocycles. The maximum absolute atomic E-state index is 12.6. The lowest BCUT2D eigenvalue weighted by Crippen LogP contribution is -2.53. The minimum absolute atomic E-state index is 0.0594. The monoisotopic (exact) mass is 441 g/mol. The highest BCUT2D eigenvalue weighted by molar-refractivity contribution is 7.15. The number of carbonyl (C=O) groups is 1. The van der Waals surface area contributed by atoms with E-state index in [0.717, 1.165) is 24.5 Å². The van der Waals surface area contributed by atoms with Crippen LogP contribution >= 0.6 is 11.3 Å². The van der Waals surface area contributed by atoms with E-state index in [-0.39, 0.29) is 17.7 Å². The van der Waals surface area contributed by atoms with E-state index < -0.39 is 0 Å². The Morgan fingerprint density at radius 2 is 2.00 bits per heavy atom. The summed E-state index contributed by atoms with van der Waals surface area (Å²) in [4.78, 5) is 34.0. The molecule has 1 fully saturated rings. The van der Waals surface area contributed by atoms with Crippen LogP contribution in [-0.4, -0.2) is 70.7 Å². The van der Waals surface area contributed by atoms with Crippen molar-refractivity contribution in [2.45, 2.75) is 12.6 Å². The molecule has 2 amide bonds. The molecular formula is C21H23N5O4S.